The Balaban J connectivity index is 1.27. The van der Waals surface area contributed by atoms with Crippen LogP contribution in [0.5, 0.6) is 11.5 Å². The minimum Gasteiger partial charge on any atom is -0.486 e. The Kier molecular flexibility index (Phi) is 6.49. The second-order valence-corrected chi connectivity index (χ2v) is 7.17. The molecule has 2 aliphatic rings. The molecule has 2 aromatic rings. The second kappa shape index (κ2) is 9.62. The number of nitrogens with one attached hydrogen (secondary N) is 2. The third kappa shape index (κ3) is 5.40. The number of carbonyl (C=O) groups excluding carboxylic acids is 1. The van der Waals surface area contributed by atoms with Gasteiger partial charge >= 0.3 is 6.03 Å². The van der Waals surface area contributed by atoms with E-state index in [0.717, 1.165) is 55.5 Å². The standard InChI is InChI=1S/C22H27N3O4/c26-22(23-14-17-5-6-20-21(13-17)29-12-11-28-20)24-15-18-3-1-2-4-19(18)16-25-7-9-27-10-8-25/h1-6,13H,7-12,14-16H2,(H2,23,24,26). The maximum atomic E-state index is 12.3. The Morgan fingerprint density at radius 2 is 1.59 bits per heavy atom. The van der Waals surface area contributed by atoms with Gasteiger partial charge in [-0.3, -0.25) is 4.90 Å². The normalized spacial score (nSPS) is 16.3. The predicted octanol–water partition coefficient (Wildman–Crippen LogP) is 2.29. The highest BCUT2D eigenvalue weighted by Crippen LogP contribution is 2.30. The van der Waals surface area contributed by atoms with Gasteiger partial charge in [0.05, 0.1) is 13.2 Å². The molecule has 0 atom stereocenters. The first-order chi connectivity index (χ1) is 14.3. The van der Waals surface area contributed by atoms with Gasteiger partial charge in [-0.15, -0.1) is 0 Å². The first-order valence-corrected chi connectivity index (χ1v) is 10.0. The molecule has 0 radical (unpaired) electrons. The summed E-state index contributed by atoms with van der Waals surface area (Å²) in [6.45, 7) is 6.36. The molecule has 4 rings (SSSR count). The molecule has 0 unspecified atom stereocenters. The van der Waals surface area contributed by atoms with Crippen molar-refractivity contribution in [2.24, 2.45) is 0 Å². The molecule has 29 heavy (non-hydrogen) atoms. The molecule has 7 nitrogen and oxygen atoms in total. The number of amides is 2. The van der Waals surface area contributed by atoms with Gasteiger partial charge in [0.15, 0.2) is 11.5 Å². The Morgan fingerprint density at radius 1 is 0.862 bits per heavy atom. The highest BCUT2D eigenvalue weighted by atomic mass is 16.6. The van der Waals surface area contributed by atoms with Gasteiger partial charge in [-0.25, -0.2) is 4.79 Å². The molecular weight excluding hydrogens is 370 g/mol. The fourth-order valence-corrected chi connectivity index (χ4v) is 3.50. The molecule has 0 aromatic heterocycles. The summed E-state index contributed by atoms with van der Waals surface area (Å²) in [5, 5.41) is 5.86. The monoisotopic (exact) mass is 397 g/mol. The number of carbonyl (C=O) groups is 1. The van der Waals surface area contributed by atoms with Crippen molar-refractivity contribution in [3.05, 3.63) is 59.2 Å². The summed E-state index contributed by atoms with van der Waals surface area (Å²) in [5.41, 5.74) is 3.34. The van der Waals surface area contributed by atoms with Crippen LogP contribution in [0.15, 0.2) is 42.5 Å². The molecule has 2 heterocycles. The number of rotatable bonds is 6. The number of nitrogens with zero attached hydrogens (tertiary/aromatic N) is 1. The van der Waals surface area contributed by atoms with Crippen LogP contribution in [-0.2, 0) is 24.4 Å². The van der Waals surface area contributed by atoms with E-state index in [1.54, 1.807) is 0 Å². The van der Waals surface area contributed by atoms with E-state index in [9.17, 15) is 4.79 Å². The lowest BCUT2D eigenvalue weighted by molar-refractivity contribution is 0.0341. The highest BCUT2D eigenvalue weighted by molar-refractivity contribution is 5.73. The molecule has 2 N–H and O–H groups in total. The molecule has 1 fully saturated rings. The van der Waals surface area contributed by atoms with E-state index in [2.05, 4.69) is 27.7 Å². The zero-order valence-corrected chi connectivity index (χ0v) is 16.5. The zero-order chi connectivity index (χ0) is 19.9. The summed E-state index contributed by atoms with van der Waals surface area (Å²) in [7, 11) is 0. The molecule has 2 aliphatic heterocycles. The maximum Gasteiger partial charge on any atom is 0.315 e. The van der Waals surface area contributed by atoms with E-state index in [0.29, 0.717) is 26.3 Å². The van der Waals surface area contributed by atoms with Crippen molar-refractivity contribution >= 4 is 6.03 Å². The van der Waals surface area contributed by atoms with Crippen LogP contribution in [0.2, 0.25) is 0 Å². The molecule has 0 saturated carbocycles. The fourth-order valence-electron chi connectivity index (χ4n) is 3.50. The second-order valence-electron chi connectivity index (χ2n) is 7.17. The number of hydrogen-bond acceptors (Lipinski definition) is 5. The summed E-state index contributed by atoms with van der Waals surface area (Å²) in [5.74, 6) is 1.48. The lowest BCUT2D eigenvalue weighted by Gasteiger charge is -2.27. The van der Waals surface area contributed by atoms with E-state index in [4.69, 9.17) is 14.2 Å². The zero-order valence-electron chi connectivity index (χ0n) is 16.5. The molecular formula is C22H27N3O4. The van der Waals surface area contributed by atoms with E-state index in [-0.39, 0.29) is 6.03 Å². The van der Waals surface area contributed by atoms with Crippen LogP contribution < -0.4 is 20.1 Å². The van der Waals surface area contributed by atoms with Crippen LogP contribution in [-0.4, -0.2) is 50.4 Å². The van der Waals surface area contributed by atoms with Crippen molar-refractivity contribution in [1.82, 2.24) is 15.5 Å². The lowest BCUT2D eigenvalue weighted by Crippen LogP contribution is -2.37. The highest BCUT2D eigenvalue weighted by Gasteiger charge is 2.14. The molecule has 2 amide bonds. The summed E-state index contributed by atoms with van der Waals surface area (Å²) >= 11 is 0. The average molecular weight is 397 g/mol. The molecule has 154 valence electrons. The fraction of sp³-hybridized carbons (Fsp3) is 0.409. The van der Waals surface area contributed by atoms with Crippen molar-refractivity contribution < 1.29 is 19.0 Å². The van der Waals surface area contributed by atoms with Crippen LogP contribution >= 0.6 is 0 Å². The Labute approximate surface area is 170 Å². The first kappa shape index (κ1) is 19.5. The van der Waals surface area contributed by atoms with Crippen molar-refractivity contribution in [2.45, 2.75) is 19.6 Å². The largest absolute Gasteiger partial charge is 0.486 e. The summed E-state index contributed by atoms with van der Waals surface area (Å²) in [4.78, 5) is 14.7. The Hall–Kier alpha value is -2.77. The number of urea groups is 1. The molecule has 0 spiro atoms. The molecule has 2 aromatic carbocycles. The predicted molar refractivity (Wildman–Crippen MR) is 109 cm³/mol. The summed E-state index contributed by atoms with van der Waals surface area (Å²) in [6.07, 6.45) is 0. The van der Waals surface area contributed by atoms with Crippen molar-refractivity contribution in [3.63, 3.8) is 0 Å². The van der Waals surface area contributed by atoms with Gasteiger partial charge in [-0.1, -0.05) is 30.3 Å². The molecule has 0 aliphatic carbocycles. The van der Waals surface area contributed by atoms with E-state index in [1.807, 2.05) is 30.3 Å². The van der Waals surface area contributed by atoms with Crippen LogP contribution in [0.3, 0.4) is 0 Å². The van der Waals surface area contributed by atoms with Crippen molar-refractivity contribution in [1.29, 1.82) is 0 Å². The number of morpholine rings is 1. The van der Waals surface area contributed by atoms with Crippen molar-refractivity contribution in [3.8, 4) is 11.5 Å². The number of ether oxygens (including phenoxy) is 3. The quantitative estimate of drug-likeness (QED) is 0.783. The topological polar surface area (TPSA) is 72.1 Å². The molecule has 7 heteroatoms. The molecule has 0 bridgehead atoms. The van der Waals surface area contributed by atoms with E-state index < -0.39 is 0 Å². The third-order valence-corrected chi connectivity index (χ3v) is 5.12. The van der Waals surface area contributed by atoms with Crippen LogP contribution in [0.4, 0.5) is 4.79 Å². The first-order valence-electron chi connectivity index (χ1n) is 10.0. The number of fused-ring (bicyclic) bond motifs is 1. The average Bonchev–Trinajstić information content (AvgIpc) is 2.77. The van der Waals surface area contributed by atoms with Crippen molar-refractivity contribution in [2.75, 3.05) is 39.5 Å². The SMILES string of the molecule is O=C(NCc1ccc2c(c1)OCCO2)NCc1ccccc1CN1CCOCC1. The minimum absolute atomic E-state index is 0.193. The maximum absolute atomic E-state index is 12.3. The Bertz CT molecular complexity index is 837. The number of benzene rings is 2. The van der Waals surface area contributed by atoms with Gasteiger partial charge in [-0.05, 0) is 28.8 Å². The third-order valence-electron chi connectivity index (χ3n) is 5.12. The van der Waals surface area contributed by atoms with Crippen LogP contribution in [0.25, 0.3) is 0 Å². The van der Waals surface area contributed by atoms with Gasteiger partial charge < -0.3 is 24.8 Å². The van der Waals surface area contributed by atoms with Gasteiger partial charge in [0, 0.05) is 32.7 Å². The summed E-state index contributed by atoms with van der Waals surface area (Å²) < 4.78 is 16.5. The number of hydrogen-bond donors (Lipinski definition) is 2. The lowest BCUT2D eigenvalue weighted by atomic mass is 10.1. The van der Waals surface area contributed by atoms with Gasteiger partial charge in [0.25, 0.3) is 0 Å². The Morgan fingerprint density at radius 3 is 2.41 bits per heavy atom. The smallest absolute Gasteiger partial charge is 0.315 e. The molecule has 1 saturated heterocycles. The van der Waals surface area contributed by atoms with Gasteiger partial charge in [-0.2, -0.15) is 0 Å². The van der Waals surface area contributed by atoms with E-state index in [1.165, 1.54) is 5.56 Å². The van der Waals surface area contributed by atoms with Gasteiger partial charge in [0.1, 0.15) is 13.2 Å². The van der Waals surface area contributed by atoms with E-state index >= 15 is 0 Å². The van der Waals surface area contributed by atoms with Gasteiger partial charge in [0.2, 0.25) is 0 Å². The van der Waals surface area contributed by atoms with Crippen LogP contribution in [0.1, 0.15) is 16.7 Å². The van der Waals surface area contributed by atoms with Crippen LogP contribution in [0, 0.1) is 0 Å². The summed E-state index contributed by atoms with van der Waals surface area (Å²) in [6, 6.07) is 13.8. The minimum atomic E-state index is -0.193.